The molecule has 0 saturated carbocycles. The minimum atomic E-state index is -3.58. The molecule has 1 rings (SSSR count). The number of methoxy groups -OCH3 is 1. The first-order valence-corrected chi connectivity index (χ1v) is 7.15. The summed E-state index contributed by atoms with van der Waals surface area (Å²) in [4.78, 5) is 0.127. The van der Waals surface area contributed by atoms with Crippen molar-refractivity contribution in [3.63, 3.8) is 0 Å². The van der Waals surface area contributed by atoms with Gasteiger partial charge in [-0.1, -0.05) is 13.8 Å². The number of benzene rings is 1. The Balaban J connectivity index is 2.89. The van der Waals surface area contributed by atoms with E-state index in [1.54, 1.807) is 0 Å². The number of hydrogen-bond acceptors (Lipinski definition) is 4. The Kier molecular flexibility index (Phi) is 5.13. The number of hydrogen-bond donors (Lipinski definition) is 2. The van der Waals surface area contributed by atoms with E-state index in [9.17, 15) is 8.42 Å². The second kappa shape index (κ2) is 6.17. The predicted molar refractivity (Wildman–Crippen MR) is 68.9 cm³/mol. The first-order valence-electron chi connectivity index (χ1n) is 5.67. The molecule has 18 heavy (non-hydrogen) atoms. The molecule has 0 bridgehead atoms. The summed E-state index contributed by atoms with van der Waals surface area (Å²) in [5, 5.41) is 9.14. The minimum Gasteiger partial charge on any atom is -0.508 e. The molecule has 0 aliphatic rings. The zero-order valence-electron chi connectivity index (χ0n) is 10.8. The number of ether oxygens (including phenoxy) is 1. The molecule has 1 unspecified atom stereocenters. The Labute approximate surface area is 108 Å². The molecule has 1 atom stereocenters. The van der Waals surface area contributed by atoms with Gasteiger partial charge in [-0.3, -0.25) is 0 Å². The van der Waals surface area contributed by atoms with Gasteiger partial charge < -0.3 is 9.84 Å². The SMILES string of the molecule is COCC(NS(=O)(=O)c1ccc(O)cc1)C(C)C. The van der Waals surface area contributed by atoms with Gasteiger partial charge in [-0.2, -0.15) is 0 Å². The van der Waals surface area contributed by atoms with E-state index in [4.69, 9.17) is 9.84 Å². The van der Waals surface area contributed by atoms with Crippen LogP contribution in [0.25, 0.3) is 0 Å². The van der Waals surface area contributed by atoms with Crippen molar-refractivity contribution in [3.05, 3.63) is 24.3 Å². The van der Waals surface area contributed by atoms with Gasteiger partial charge in [0.05, 0.1) is 11.5 Å². The van der Waals surface area contributed by atoms with Gasteiger partial charge in [0.2, 0.25) is 10.0 Å². The lowest BCUT2D eigenvalue weighted by atomic mass is 10.1. The summed E-state index contributed by atoms with van der Waals surface area (Å²) >= 11 is 0. The Morgan fingerprint density at radius 2 is 1.83 bits per heavy atom. The van der Waals surface area contributed by atoms with Crippen molar-refractivity contribution in [1.82, 2.24) is 4.72 Å². The Morgan fingerprint density at radius 3 is 2.28 bits per heavy atom. The quantitative estimate of drug-likeness (QED) is 0.820. The standard InChI is InChI=1S/C12H19NO4S/c1-9(2)12(8-17-3)13-18(15,16)11-6-4-10(14)5-7-11/h4-7,9,12-14H,8H2,1-3H3. The van der Waals surface area contributed by atoms with Crippen LogP contribution in [0.2, 0.25) is 0 Å². The highest BCUT2D eigenvalue weighted by Crippen LogP contribution is 2.15. The molecule has 0 radical (unpaired) electrons. The highest BCUT2D eigenvalue weighted by molar-refractivity contribution is 7.89. The van der Waals surface area contributed by atoms with E-state index in [0.29, 0.717) is 6.61 Å². The zero-order valence-corrected chi connectivity index (χ0v) is 11.6. The van der Waals surface area contributed by atoms with Crippen LogP contribution in [-0.4, -0.2) is 33.3 Å². The predicted octanol–water partition coefficient (Wildman–Crippen LogP) is 1.34. The molecule has 102 valence electrons. The summed E-state index contributed by atoms with van der Waals surface area (Å²) in [6.45, 7) is 4.15. The summed E-state index contributed by atoms with van der Waals surface area (Å²) in [5.41, 5.74) is 0. The molecule has 5 nitrogen and oxygen atoms in total. The number of aromatic hydroxyl groups is 1. The molecule has 0 amide bonds. The van der Waals surface area contributed by atoms with E-state index in [2.05, 4.69) is 4.72 Å². The summed E-state index contributed by atoms with van der Waals surface area (Å²) in [7, 11) is -2.05. The molecule has 6 heteroatoms. The summed E-state index contributed by atoms with van der Waals surface area (Å²) in [5.74, 6) is 0.156. The van der Waals surface area contributed by atoms with Crippen molar-refractivity contribution in [2.45, 2.75) is 24.8 Å². The molecule has 1 aromatic rings. The first-order chi connectivity index (χ1) is 8.36. The van der Waals surface area contributed by atoms with Gasteiger partial charge in [-0.05, 0) is 30.2 Å². The van der Waals surface area contributed by atoms with Crippen LogP contribution in [0.1, 0.15) is 13.8 Å². The molecule has 0 spiro atoms. The monoisotopic (exact) mass is 273 g/mol. The third-order valence-corrected chi connectivity index (χ3v) is 4.11. The Morgan fingerprint density at radius 1 is 1.28 bits per heavy atom. The summed E-state index contributed by atoms with van der Waals surface area (Å²) in [6.07, 6.45) is 0. The van der Waals surface area contributed by atoms with E-state index in [0.717, 1.165) is 0 Å². The van der Waals surface area contributed by atoms with Crippen molar-refractivity contribution in [2.75, 3.05) is 13.7 Å². The zero-order chi connectivity index (χ0) is 13.8. The summed E-state index contributed by atoms with van der Waals surface area (Å²) in [6, 6.07) is 5.13. The molecule has 0 fully saturated rings. The average Bonchev–Trinajstić information content (AvgIpc) is 2.28. The topological polar surface area (TPSA) is 75.6 Å². The fourth-order valence-corrected chi connectivity index (χ4v) is 2.80. The second-order valence-electron chi connectivity index (χ2n) is 4.42. The lowest BCUT2D eigenvalue weighted by molar-refractivity contribution is 0.157. The van der Waals surface area contributed by atoms with E-state index in [1.807, 2.05) is 13.8 Å². The largest absolute Gasteiger partial charge is 0.508 e. The van der Waals surface area contributed by atoms with Crippen molar-refractivity contribution >= 4 is 10.0 Å². The maximum atomic E-state index is 12.1. The molecule has 0 aliphatic carbocycles. The maximum absolute atomic E-state index is 12.1. The normalized spacial score (nSPS) is 13.8. The van der Waals surface area contributed by atoms with Crippen molar-refractivity contribution in [3.8, 4) is 5.75 Å². The number of phenolic OH excluding ortho intramolecular Hbond substituents is 1. The highest BCUT2D eigenvalue weighted by Gasteiger charge is 2.22. The number of rotatable bonds is 6. The Bertz CT molecular complexity index is 467. The fourth-order valence-electron chi connectivity index (χ4n) is 1.43. The van der Waals surface area contributed by atoms with Gasteiger partial charge in [0.25, 0.3) is 0 Å². The molecule has 0 heterocycles. The third-order valence-electron chi connectivity index (χ3n) is 2.60. The number of sulfonamides is 1. The maximum Gasteiger partial charge on any atom is 0.240 e. The molecule has 0 aliphatic heterocycles. The summed E-state index contributed by atoms with van der Waals surface area (Å²) < 4.78 is 31.8. The van der Waals surface area contributed by atoms with Gasteiger partial charge in [-0.15, -0.1) is 0 Å². The fraction of sp³-hybridized carbons (Fsp3) is 0.500. The molecular weight excluding hydrogens is 254 g/mol. The number of nitrogens with one attached hydrogen (secondary N) is 1. The van der Waals surface area contributed by atoms with Crippen LogP contribution in [0, 0.1) is 5.92 Å². The van der Waals surface area contributed by atoms with Crippen LogP contribution in [0.3, 0.4) is 0 Å². The van der Waals surface area contributed by atoms with Crippen LogP contribution in [0.15, 0.2) is 29.2 Å². The van der Waals surface area contributed by atoms with Gasteiger partial charge in [-0.25, -0.2) is 13.1 Å². The first kappa shape index (κ1) is 14.9. The Hall–Kier alpha value is -1.11. The van der Waals surface area contributed by atoms with Gasteiger partial charge in [0, 0.05) is 13.2 Å². The average molecular weight is 273 g/mol. The second-order valence-corrected chi connectivity index (χ2v) is 6.14. The van der Waals surface area contributed by atoms with E-state index in [1.165, 1.54) is 31.4 Å². The van der Waals surface area contributed by atoms with Crippen molar-refractivity contribution < 1.29 is 18.3 Å². The third kappa shape index (κ3) is 3.97. The molecule has 0 saturated heterocycles. The van der Waals surface area contributed by atoms with E-state index < -0.39 is 10.0 Å². The van der Waals surface area contributed by atoms with E-state index >= 15 is 0 Å². The van der Waals surface area contributed by atoms with Gasteiger partial charge >= 0.3 is 0 Å². The van der Waals surface area contributed by atoms with Crippen LogP contribution < -0.4 is 4.72 Å². The minimum absolute atomic E-state index is 0.0336. The smallest absolute Gasteiger partial charge is 0.240 e. The molecule has 2 N–H and O–H groups in total. The highest BCUT2D eigenvalue weighted by atomic mass is 32.2. The van der Waals surface area contributed by atoms with Crippen LogP contribution in [0.4, 0.5) is 0 Å². The lowest BCUT2D eigenvalue weighted by Crippen LogP contribution is -2.41. The van der Waals surface area contributed by atoms with Gasteiger partial charge in [0.1, 0.15) is 5.75 Å². The molecule has 1 aromatic carbocycles. The van der Waals surface area contributed by atoms with Gasteiger partial charge in [0.15, 0.2) is 0 Å². The molecular formula is C12H19NO4S. The van der Waals surface area contributed by atoms with Crippen LogP contribution in [0.5, 0.6) is 5.75 Å². The number of phenols is 1. The van der Waals surface area contributed by atoms with Crippen LogP contribution in [-0.2, 0) is 14.8 Å². The molecule has 0 aromatic heterocycles. The van der Waals surface area contributed by atoms with Crippen molar-refractivity contribution in [2.24, 2.45) is 5.92 Å². The lowest BCUT2D eigenvalue weighted by Gasteiger charge is -2.21. The van der Waals surface area contributed by atoms with E-state index in [-0.39, 0.29) is 22.6 Å². The van der Waals surface area contributed by atoms with Crippen LogP contribution >= 0.6 is 0 Å². The van der Waals surface area contributed by atoms with Crippen molar-refractivity contribution in [1.29, 1.82) is 0 Å².